The van der Waals surface area contributed by atoms with E-state index in [2.05, 4.69) is 5.32 Å². The Morgan fingerprint density at radius 2 is 1.79 bits per heavy atom. The topological polar surface area (TPSA) is 154 Å². The Morgan fingerprint density at radius 3 is 2.45 bits per heavy atom. The molecule has 174 valence electrons. The standard InChI is InChI=1S/C21H22N4O8/c26-15-5-4-13(19(30)22-15)25-20(31)12-2-1-3-14(18(12)21(25)32)33-11-16(27)24-8-6-23(7-9-24)10-17(28)29/h1-3,13H,4-11H2,(H,28,29)(H,22,26,30). The Hall–Kier alpha value is -3.80. The van der Waals surface area contributed by atoms with Gasteiger partial charge >= 0.3 is 5.97 Å². The van der Waals surface area contributed by atoms with E-state index in [1.807, 2.05) is 0 Å². The molecule has 3 aliphatic heterocycles. The highest BCUT2D eigenvalue weighted by Crippen LogP contribution is 2.33. The van der Waals surface area contributed by atoms with Crippen LogP contribution in [0.5, 0.6) is 5.75 Å². The predicted octanol–water partition coefficient (Wildman–Crippen LogP) is -1.30. The summed E-state index contributed by atoms with van der Waals surface area (Å²) in [4.78, 5) is 76.9. The van der Waals surface area contributed by atoms with Gasteiger partial charge in [-0.25, -0.2) is 0 Å². The number of fused-ring (bicyclic) bond motifs is 1. The lowest BCUT2D eigenvalue weighted by Crippen LogP contribution is -2.54. The fraction of sp³-hybridized carbons (Fsp3) is 0.429. The van der Waals surface area contributed by atoms with Crippen molar-refractivity contribution in [2.24, 2.45) is 0 Å². The first-order valence-corrected chi connectivity index (χ1v) is 10.5. The second kappa shape index (κ2) is 8.98. The number of nitrogens with zero attached hydrogens (tertiary/aromatic N) is 3. The van der Waals surface area contributed by atoms with Gasteiger partial charge in [0.15, 0.2) is 6.61 Å². The summed E-state index contributed by atoms with van der Waals surface area (Å²) in [5.41, 5.74) is 0.0446. The number of ether oxygens (including phenoxy) is 1. The Bertz CT molecular complexity index is 1050. The Labute approximate surface area is 188 Å². The van der Waals surface area contributed by atoms with Gasteiger partial charge in [0.05, 0.1) is 17.7 Å². The molecule has 0 aliphatic carbocycles. The lowest BCUT2D eigenvalue weighted by molar-refractivity contribution is -0.140. The number of hydrogen-bond acceptors (Lipinski definition) is 8. The third-order valence-electron chi connectivity index (χ3n) is 5.86. The number of carboxylic acid groups (broad SMARTS) is 1. The molecule has 0 radical (unpaired) electrons. The van der Waals surface area contributed by atoms with E-state index in [9.17, 15) is 28.8 Å². The molecule has 2 saturated heterocycles. The highest BCUT2D eigenvalue weighted by Gasteiger charge is 2.46. The van der Waals surface area contributed by atoms with E-state index in [-0.39, 0.29) is 48.8 Å². The van der Waals surface area contributed by atoms with Gasteiger partial charge < -0.3 is 14.7 Å². The molecule has 1 atom stereocenters. The minimum Gasteiger partial charge on any atom is -0.483 e. The maximum Gasteiger partial charge on any atom is 0.317 e. The van der Waals surface area contributed by atoms with E-state index in [1.165, 1.54) is 18.2 Å². The summed E-state index contributed by atoms with van der Waals surface area (Å²) in [6.07, 6.45) is 0.0556. The average Bonchev–Trinajstić information content (AvgIpc) is 3.03. The van der Waals surface area contributed by atoms with Crippen molar-refractivity contribution in [2.45, 2.75) is 18.9 Å². The number of piperidine rings is 1. The van der Waals surface area contributed by atoms with Gasteiger partial charge in [-0.2, -0.15) is 0 Å². The second-order valence-corrected chi connectivity index (χ2v) is 7.97. The van der Waals surface area contributed by atoms with Crippen LogP contribution in [-0.4, -0.2) is 101 Å². The number of nitrogens with one attached hydrogen (secondary N) is 1. The molecule has 2 fully saturated rings. The number of rotatable bonds is 6. The minimum atomic E-state index is -1.09. The highest BCUT2D eigenvalue weighted by molar-refractivity contribution is 6.24. The van der Waals surface area contributed by atoms with Crippen molar-refractivity contribution >= 4 is 35.5 Å². The van der Waals surface area contributed by atoms with Crippen LogP contribution in [0.15, 0.2) is 18.2 Å². The zero-order chi connectivity index (χ0) is 23.7. The number of carboxylic acids is 1. The number of carbonyl (C=O) groups excluding carboxylic acids is 5. The second-order valence-electron chi connectivity index (χ2n) is 7.97. The van der Waals surface area contributed by atoms with Crippen molar-refractivity contribution in [1.29, 1.82) is 0 Å². The van der Waals surface area contributed by atoms with Crippen molar-refractivity contribution in [1.82, 2.24) is 20.0 Å². The van der Waals surface area contributed by atoms with Crippen LogP contribution in [0.4, 0.5) is 0 Å². The number of imide groups is 2. The van der Waals surface area contributed by atoms with Gasteiger partial charge in [0.1, 0.15) is 11.8 Å². The number of hydrogen-bond donors (Lipinski definition) is 2. The molecule has 4 rings (SSSR count). The monoisotopic (exact) mass is 458 g/mol. The van der Waals surface area contributed by atoms with E-state index in [1.54, 1.807) is 9.80 Å². The van der Waals surface area contributed by atoms with Crippen LogP contribution < -0.4 is 10.1 Å². The highest BCUT2D eigenvalue weighted by atomic mass is 16.5. The number of amides is 5. The molecule has 1 aromatic carbocycles. The van der Waals surface area contributed by atoms with Crippen LogP contribution >= 0.6 is 0 Å². The molecule has 12 heteroatoms. The Morgan fingerprint density at radius 1 is 1.06 bits per heavy atom. The summed E-state index contributed by atoms with van der Waals surface area (Å²) in [6.45, 7) is 1.09. The molecule has 0 bridgehead atoms. The van der Waals surface area contributed by atoms with Gasteiger partial charge in [-0.1, -0.05) is 6.07 Å². The first-order valence-electron chi connectivity index (χ1n) is 10.5. The van der Waals surface area contributed by atoms with Gasteiger partial charge in [0, 0.05) is 32.6 Å². The van der Waals surface area contributed by atoms with E-state index in [4.69, 9.17) is 9.84 Å². The van der Waals surface area contributed by atoms with Gasteiger partial charge in [0.25, 0.3) is 17.7 Å². The summed E-state index contributed by atoms with van der Waals surface area (Å²) >= 11 is 0. The van der Waals surface area contributed by atoms with Gasteiger partial charge in [-0.3, -0.25) is 43.9 Å². The largest absolute Gasteiger partial charge is 0.483 e. The fourth-order valence-electron chi connectivity index (χ4n) is 4.18. The molecular weight excluding hydrogens is 436 g/mol. The minimum absolute atomic E-state index is 0.0153. The molecule has 1 aromatic rings. The fourth-order valence-corrected chi connectivity index (χ4v) is 4.18. The summed E-state index contributed by atoms with van der Waals surface area (Å²) in [6, 6.07) is 3.34. The van der Waals surface area contributed by atoms with Crippen molar-refractivity contribution in [2.75, 3.05) is 39.3 Å². The van der Waals surface area contributed by atoms with Crippen LogP contribution in [0.2, 0.25) is 0 Å². The third-order valence-corrected chi connectivity index (χ3v) is 5.86. The molecule has 5 amide bonds. The SMILES string of the molecule is O=C(O)CN1CCN(C(=O)COc2cccc3c2C(=O)N(C2CCC(=O)NC2=O)C3=O)CC1. The van der Waals surface area contributed by atoms with Crippen LogP contribution in [0.25, 0.3) is 0 Å². The van der Waals surface area contributed by atoms with Gasteiger partial charge in [-0.15, -0.1) is 0 Å². The van der Waals surface area contributed by atoms with Crippen molar-refractivity contribution < 1.29 is 38.6 Å². The zero-order valence-corrected chi connectivity index (χ0v) is 17.6. The van der Waals surface area contributed by atoms with Crippen LogP contribution in [0.3, 0.4) is 0 Å². The maximum absolute atomic E-state index is 13.0. The molecule has 0 spiro atoms. The Kier molecular flexibility index (Phi) is 6.09. The maximum atomic E-state index is 13.0. The number of benzene rings is 1. The van der Waals surface area contributed by atoms with E-state index < -0.39 is 35.6 Å². The molecule has 2 N–H and O–H groups in total. The predicted molar refractivity (Wildman–Crippen MR) is 109 cm³/mol. The van der Waals surface area contributed by atoms with Gasteiger partial charge in [-0.05, 0) is 18.6 Å². The molecule has 3 heterocycles. The van der Waals surface area contributed by atoms with E-state index in [0.717, 1.165) is 4.90 Å². The molecular formula is C21H22N4O8. The summed E-state index contributed by atoms with van der Waals surface area (Å²) in [5, 5.41) is 11.0. The van der Waals surface area contributed by atoms with Crippen LogP contribution in [0.1, 0.15) is 33.6 Å². The number of carbonyl (C=O) groups is 6. The van der Waals surface area contributed by atoms with Crippen LogP contribution in [0, 0.1) is 0 Å². The van der Waals surface area contributed by atoms with Crippen molar-refractivity contribution in [3.63, 3.8) is 0 Å². The molecule has 33 heavy (non-hydrogen) atoms. The third kappa shape index (κ3) is 4.42. The Balaban J connectivity index is 1.42. The lowest BCUT2D eigenvalue weighted by Gasteiger charge is -2.33. The summed E-state index contributed by atoms with van der Waals surface area (Å²) in [5.74, 6) is -3.74. The molecule has 1 unspecified atom stereocenters. The molecule has 3 aliphatic rings. The van der Waals surface area contributed by atoms with E-state index >= 15 is 0 Å². The first kappa shape index (κ1) is 22.4. The molecule has 0 saturated carbocycles. The zero-order valence-electron chi connectivity index (χ0n) is 17.6. The summed E-state index contributed by atoms with van der Waals surface area (Å²) < 4.78 is 5.60. The smallest absolute Gasteiger partial charge is 0.317 e. The van der Waals surface area contributed by atoms with Crippen molar-refractivity contribution in [3.8, 4) is 5.75 Å². The number of aliphatic carboxylic acids is 1. The number of piperazine rings is 1. The molecule has 0 aromatic heterocycles. The van der Waals surface area contributed by atoms with Gasteiger partial charge in [0.2, 0.25) is 11.8 Å². The first-order chi connectivity index (χ1) is 15.8. The summed E-state index contributed by atoms with van der Waals surface area (Å²) in [7, 11) is 0. The van der Waals surface area contributed by atoms with Crippen molar-refractivity contribution in [3.05, 3.63) is 29.3 Å². The normalized spacial score (nSPS) is 21.2. The molecule has 12 nitrogen and oxygen atoms in total. The average molecular weight is 458 g/mol. The van der Waals surface area contributed by atoms with Crippen LogP contribution in [-0.2, 0) is 19.2 Å². The lowest BCUT2D eigenvalue weighted by atomic mass is 10.0. The quantitative estimate of drug-likeness (QED) is 0.495. The van der Waals surface area contributed by atoms with E-state index in [0.29, 0.717) is 26.2 Å².